The zero-order valence-corrected chi connectivity index (χ0v) is 7.85. The van der Waals surface area contributed by atoms with Gasteiger partial charge in [0.1, 0.15) is 4.64 Å². The highest BCUT2D eigenvalue weighted by atomic mass is 32.1. The summed E-state index contributed by atoms with van der Waals surface area (Å²) in [4.78, 5) is 0. The topological polar surface area (TPSA) is 25.2 Å². The molecule has 0 spiro atoms. The molecule has 0 saturated carbocycles. The van der Waals surface area contributed by atoms with Crippen molar-refractivity contribution in [3.05, 3.63) is 28.5 Å². The minimum Gasteiger partial charge on any atom is -0.428 e. The Balaban J connectivity index is 0.000000461. The average Bonchev–Trinajstić information content (AvgIpc) is 2.04. The molecule has 0 aliphatic carbocycles. The van der Waals surface area contributed by atoms with Gasteiger partial charge >= 0.3 is 0 Å². The quantitative estimate of drug-likeness (QED) is 0.479. The lowest BCUT2D eigenvalue weighted by molar-refractivity contribution is 0.180. The molecule has 1 aromatic heterocycles. The first-order valence-corrected chi connectivity index (χ1v) is 4.00. The summed E-state index contributed by atoms with van der Waals surface area (Å²) in [5.41, 5.74) is 0.912. The van der Waals surface area contributed by atoms with Crippen LogP contribution in [0.15, 0.2) is 18.3 Å². The van der Waals surface area contributed by atoms with Crippen LogP contribution in [0, 0.1) is 11.6 Å². The molecule has 0 bridgehead atoms. The molecule has 0 aliphatic heterocycles. The number of pyridine rings is 1. The second kappa shape index (κ2) is 4.91. The second-order valence-corrected chi connectivity index (χ2v) is 2.23. The molecule has 3 heteroatoms. The smallest absolute Gasteiger partial charge is 0.145 e. The molecule has 0 aromatic carbocycles. The Kier molecular flexibility index (Phi) is 4.54. The maximum absolute atomic E-state index is 8.91. The lowest BCUT2D eigenvalue weighted by Gasteiger charge is -1.96. The molecule has 0 unspecified atom stereocenters. The molecule has 0 radical (unpaired) electrons. The summed E-state index contributed by atoms with van der Waals surface area (Å²) >= 11 is 4.81. The Morgan fingerprint density at radius 3 is 2.36 bits per heavy atom. The van der Waals surface area contributed by atoms with Gasteiger partial charge in [-0.3, -0.25) is 0 Å². The van der Waals surface area contributed by atoms with E-state index in [1.54, 1.807) is 6.07 Å². The fourth-order valence-electron chi connectivity index (χ4n) is 0.589. The third kappa shape index (κ3) is 2.72. The largest absolute Gasteiger partial charge is 0.428 e. The summed E-state index contributed by atoms with van der Waals surface area (Å²) in [6, 6.07) is 3.60. The molecule has 0 fully saturated rings. The van der Waals surface area contributed by atoms with Gasteiger partial charge in [0, 0.05) is 6.20 Å². The van der Waals surface area contributed by atoms with E-state index in [4.69, 9.17) is 17.4 Å². The van der Waals surface area contributed by atoms with Crippen LogP contribution in [-0.4, -0.2) is 9.94 Å². The number of rotatable bonds is 0. The van der Waals surface area contributed by atoms with Gasteiger partial charge in [-0.05, 0) is 18.6 Å². The number of nitrogens with zero attached hydrogens (tertiary/aromatic N) is 1. The van der Waals surface area contributed by atoms with Gasteiger partial charge < -0.3 is 5.21 Å². The lowest BCUT2D eigenvalue weighted by atomic mass is 10.3. The molecule has 0 aliphatic rings. The Labute approximate surface area is 72.1 Å². The van der Waals surface area contributed by atoms with Gasteiger partial charge in [-0.25, -0.2) is 0 Å². The number of hydrogen-bond acceptors (Lipinski definition) is 2. The Morgan fingerprint density at radius 2 is 2.00 bits per heavy atom. The van der Waals surface area contributed by atoms with E-state index in [1.165, 1.54) is 6.20 Å². The number of hydrogen-bond donors (Lipinski definition) is 1. The van der Waals surface area contributed by atoms with Crippen LogP contribution in [0.1, 0.15) is 19.4 Å². The third-order valence-electron chi connectivity index (χ3n) is 1.12. The zero-order chi connectivity index (χ0) is 8.85. The van der Waals surface area contributed by atoms with Gasteiger partial charge in [0.25, 0.3) is 0 Å². The van der Waals surface area contributed by atoms with Crippen molar-refractivity contribution in [1.29, 1.82) is 0 Å². The first-order valence-electron chi connectivity index (χ1n) is 3.59. The number of aryl methyl sites for hydroxylation is 1. The second-order valence-electron chi connectivity index (χ2n) is 1.84. The molecule has 1 aromatic rings. The SMILES string of the molecule is CC.Cc1cccn(O)c1=S. The van der Waals surface area contributed by atoms with Crippen molar-refractivity contribution < 1.29 is 5.21 Å². The van der Waals surface area contributed by atoms with Gasteiger partial charge in [-0.1, -0.05) is 32.1 Å². The van der Waals surface area contributed by atoms with Gasteiger partial charge in [-0.2, -0.15) is 4.73 Å². The predicted octanol–water partition coefficient (Wildman–Crippen LogP) is 2.79. The summed E-state index contributed by atoms with van der Waals surface area (Å²) in [5.74, 6) is 0. The maximum Gasteiger partial charge on any atom is 0.145 e. The highest BCUT2D eigenvalue weighted by molar-refractivity contribution is 7.71. The van der Waals surface area contributed by atoms with Crippen LogP contribution in [0.25, 0.3) is 0 Å². The summed E-state index contributed by atoms with van der Waals surface area (Å²) in [5, 5.41) is 8.91. The molecule has 62 valence electrons. The van der Waals surface area contributed by atoms with E-state index in [0.717, 1.165) is 10.3 Å². The molecule has 0 atom stereocenters. The van der Waals surface area contributed by atoms with Crippen LogP contribution in [-0.2, 0) is 0 Å². The van der Waals surface area contributed by atoms with Crippen LogP contribution in [0.5, 0.6) is 0 Å². The molecule has 11 heavy (non-hydrogen) atoms. The van der Waals surface area contributed by atoms with Crippen molar-refractivity contribution in [3.63, 3.8) is 0 Å². The van der Waals surface area contributed by atoms with Gasteiger partial charge in [0.15, 0.2) is 0 Å². The molecular formula is C8H13NOS. The van der Waals surface area contributed by atoms with E-state index in [-0.39, 0.29) is 0 Å². The molecule has 1 rings (SSSR count). The fourth-order valence-corrected chi connectivity index (χ4v) is 0.717. The lowest BCUT2D eigenvalue weighted by Crippen LogP contribution is -1.93. The van der Waals surface area contributed by atoms with Gasteiger partial charge in [0.05, 0.1) is 0 Å². The molecule has 1 N–H and O–H groups in total. The predicted molar refractivity (Wildman–Crippen MR) is 48.5 cm³/mol. The molecule has 1 heterocycles. The highest BCUT2D eigenvalue weighted by Gasteiger charge is 1.87. The van der Waals surface area contributed by atoms with Crippen molar-refractivity contribution in [2.75, 3.05) is 0 Å². The van der Waals surface area contributed by atoms with Crippen molar-refractivity contribution in [2.24, 2.45) is 0 Å². The van der Waals surface area contributed by atoms with Crippen LogP contribution >= 0.6 is 12.2 Å². The first-order chi connectivity index (χ1) is 5.22. The molecular weight excluding hydrogens is 158 g/mol. The molecule has 0 saturated heterocycles. The third-order valence-corrected chi connectivity index (χ3v) is 1.63. The summed E-state index contributed by atoms with van der Waals surface area (Å²) < 4.78 is 1.41. The number of aromatic nitrogens is 1. The standard InChI is InChI=1S/C6H7NOS.C2H6/c1-5-3-2-4-7(8)6(5)9;1-2/h2-4,8H,1H3;1-2H3. The van der Waals surface area contributed by atoms with E-state index in [2.05, 4.69) is 0 Å². The van der Waals surface area contributed by atoms with E-state index in [9.17, 15) is 0 Å². The fraction of sp³-hybridized carbons (Fsp3) is 0.375. The van der Waals surface area contributed by atoms with Crippen LogP contribution in [0.2, 0.25) is 0 Å². The minimum atomic E-state index is 0.470. The maximum atomic E-state index is 8.91. The Bertz CT molecular complexity index is 244. The van der Waals surface area contributed by atoms with Crippen LogP contribution < -0.4 is 0 Å². The minimum absolute atomic E-state index is 0.470. The van der Waals surface area contributed by atoms with E-state index < -0.39 is 0 Å². The zero-order valence-electron chi connectivity index (χ0n) is 7.03. The van der Waals surface area contributed by atoms with Crippen molar-refractivity contribution >= 4 is 12.2 Å². The highest BCUT2D eigenvalue weighted by Crippen LogP contribution is 1.97. The Morgan fingerprint density at radius 1 is 1.45 bits per heavy atom. The van der Waals surface area contributed by atoms with Crippen molar-refractivity contribution in [3.8, 4) is 0 Å². The normalized spacial score (nSPS) is 8.27. The molecule has 0 amide bonds. The summed E-state index contributed by atoms with van der Waals surface area (Å²) in [6.45, 7) is 5.86. The van der Waals surface area contributed by atoms with E-state index in [0.29, 0.717) is 4.64 Å². The van der Waals surface area contributed by atoms with E-state index in [1.807, 2.05) is 26.8 Å². The Hall–Kier alpha value is -0.830. The van der Waals surface area contributed by atoms with Gasteiger partial charge in [0.2, 0.25) is 0 Å². The first kappa shape index (κ1) is 10.2. The summed E-state index contributed by atoms with van der Waals surface area (Å²) in [6.07, 6.45) is 1.51. The van der Waals surface area contributed by atoms with Crippen molar-refractivity contribution in [2.45, 2.75) is 20.8 Å². The summed E-state index contributed by atoms with van der Waals surface area (Å²) in [7, 11) is 0. The average molecular weight is 171 g/mol. The van der Waals surface area contributed by atoms with Gasteiger partial charge in [-0.15, -0.1) is 0 Å². The monoisotopic (exact) mass is 171 g/mol. The van der Waals surface area contributed by atoms with Crippen molar-refractivity contribution in [1.82, 2.24) is 4.73 Å². The van der Waals surface area contributed by atoms with Crippen LogP contribution in [0.3, 0.4) is 0 Å². The van der Waals surface area contributed by atoms with E-state index >= 15 is 0 Å². The molecule has 2 nitrogen and oxygen atoms in total. The van der Waals surface area contributed by atoms with Crippen LogP contribution in [0.4, 0.5) is 0 Å².